The Labute approximate surface area is 81.7 Å². The third-order valence-corrected chi connectivity index (χ3v) is 3.44. The molecule has 0 spiro atoms. The van der Waals surface area contributed by atoms with Crippen molar-refractivity contribution >= 4 is 0 Å². The summed E-state index contributed by atoms with van der Waals surface area (Å²) in [5.41, 5.74) is 0.363. The zero-order chi connectivity index (χ0) is 10.1. The number of β-amino-alcohol motifs (C(OH)–C–C–N with tert-alkyl or cyclic N) is 1. The minimum absolute atomic E-state index is 0.121. The second-order valence-electron chi connectivity index (χ2n) is 5.49. The van der Waals surface area contributed by atoms with E-state index in [4.69, 9.17) is 0 Å². The average molecular weight is 185 g/mol. The lowest BCUT2D eigenvalue weighted by Crippen LogP contribution is -2.26. The molecule has 1 aliphatic rings. The molecule has 13 heavy (non-hydrogen) atoms. The monoisotopic (exact) mass is 185 g/mol. The number of nitrogens with one attached hydrogen (secondary N) is 1. The Morgan fingerprint density at radius 2 is 2.00 bits per heavy atom. The first-order valence-corrected chi connectivity index (χ1v) is 5.30. The van der Waals surface area contributed by atoms with Crippen molar-refractivity contribution in [2.24, 2.45) is 17.3 Å². The lowest BCUT2D eigenvalue weighted by molar-refractivity contribution is 0.113. The van der Waals surface area contributed by atoms with E-state index in [9.17, 15) is 5.11 Å². The summed E-state index contributed by atoms with van der Waals surface area (Å²) < 4.78 is 0. The van der Waals surface area contributed by atoms with Gasteiger partial charge in [-0.2, -0.15) is 0 Å². The molecule has 2 nitrogen and oxygen atoms in total. The third kappa shape index (κ3) is 2.96. The van der Waals surface area contributed by atoms with Crippen molar-refractivity contribution in [3.63, 3.8) is 0 Å². The fourth-order valence-corrected chi connectivity index (χ4v) is 1.77. The van der Waals surface area contributed by atoms with Crippen LogP contribution in [0.3, 0.4) is 0 Å². The molecule has 1 rings (SSSR count). The van der Waals surface area contributed by atoms with Gasteiger partial charge in [0.15, 0.2) is 0 Å². The molecule has 0 amide bonds. The van der Waals surface area contributed by atoms with Gasteiger partial charge >= 0.3 is 0 Å². The van der Waals surface area contributed by atoms with E-state index in [1.54, 1.807) is 0 Å². The molecule has 1 heterocycles. The quantitative estimate of drug-likeness (QED) is 0.685. The molecule has 0 aromatic carbocycles. The van der Waals surface area contributed by atoms with Gasteiger partial charge in [0.1, 0.15) is 0 Å². The SMILES string of the molecule is CC(C[C@@H]1CNC[C@H]1O)C(C)(C)C. The van der Waals surface area contributed by atoms with Crippen LogP contribution in [0.15, 0.2) is 0 Å². The van der Waals surface area contributed by atoms with Crippen LogP contribution in [-0.4, -0.2) is 24.3 Å². The Kier molecular flexibility index (Phi) is 3.36. The molecule has 0 aliphatic carbocycles. The highest BCUT2D eigenvalue weighted by Crippen LogP contribution is 2.32. The van der Waals surface area contributed by atoms with Crippen molar-refractivity contribution in [1.82, 2.24) is 5.32 Å². The zero-order valence-corrected chi connectivity index (χ0v) is 9.30. The van der Waals surface area contributed by atoms with Crippen LogP contribution >= 0.6 is 0 Å². The summed E-state index contributed by atoms with van der Waals surface area (Å²) >= 11 is 0. The van der Waals surface area contributed by atoms with Crippen LogP contribution in [0.2, 0.25) is 0 Å². The Morgan fingerprint density at radius 1 is 1.38 bits per heavy atom. The molecule has 2 heteroatoms. The second-order valence-corrected chi connectivity index (χ2v) is 5.49. The van der Waals surface area contributed by atoms with Crippen molar-refractivity contribution in [3.05, 3.63) is 0 Å². The van der Waals surface area contributed by atoms with E-state index in [-0.39, 0.29) is 6.10 Å². The van der Waals surface area contributed by atoms with E-state index in [0.717, 1.165) is 19.5 Å². The highest BCUT2D eigenvalue weighted by Gasteiger charge is 2.30. The molecule has 2 N–H and O–H groups in total. The fourth-order valence-electron chi connectivity index (χ4n) is 1.77. The highest BCUT2D eigenvalue weighted by molar-refractivity contribution is 4.84. The first-order valence-electron chi connectivity index (χ1n) is 5.30. The van der Waals surface area contributed by atoms with E-state index in [1.165, 1.54) is 0 Å². The molecule has 1 aliphatic heterocycles. The predicted octanol–water partition coefficient (Wildman–Crippen LogP) is 1.64. The summed E-state index contributed by atoms with van der Waals surface area (Å²) in [6, 6.07) is 0. The minimum Gasteiger partial charge on any atom is -0.391 e. The summed E-state index contributed by atoms with van der Waals surface area (Å²) in [4.78, 5) is 0. The molecule has 1 unspecified atom stereocenters. The summed E-state index contributed by atoms with van der Waals surface area (Å²) in [6.07, 6.45) is 1.02. The van der Waals surface area contributed by atoms with E-state index in [2.05, 4.69) is 33.0 Å². The Bertz CT molecular complexity index is 162. The van der Waals surface area contributed by atoms with Gasteiger partial charge in [0.05, 0.1) is 6.10 Å². The Hall–Kier alpha value is -0.0800. The topological polar surface area (TPSA) is 32.3 Å². The largest absolute Gasteiger partial charge is 0.391 e. The number of hydrogen-bond acceptors (Lipinski definition) is 2. The van der Waals surface area contributed by atoms with Crippen LogP contribution in [0.1, 0.15) is 34.1 Å². The molecular weight excluding hydrogens is 162 g/mol. The van der Waals surface area contributed by atoms with Crippen LogP contribution < -0.4 is 5.32 Å². The van der Waals surface area contributed by atoms with E-state index in [0.29, 0.717) is 17.3 Å². The molecule has 78 valence electrons. The molecule has 0 aromatic heterocycles. The molecule has 1 saturated heterocycles. The van der Waals surface area contributed by atoms with Gasteiger partial charge in [0.25, 0.3) is 0 Å². The zero-order valence-electron chi connectivity index (χ0n) is 9.30. The van der Waals surface area contributed by atoms with Crippen molar-refractivity contribution in [2.75, 3.05) is 13.1 Å². The van der Waals surface area contributed by atoms with Crippen LogP contribution in [0.25, 0.3) is 0 Å². The molecular formula is C11H23NO. The lowest BCUT2D eigenvalue weighted by atomic mass is 9.76. The second kappa shape index (κ2) is 3.97. The van der Waals surface area contributed by atoms with E-state index >= 15 is 0 Å². The standard InChI is InChI=1S/C11H23NO/c1-8(11(2,3)4)5-9-6-12-7-10(9)13/h8-10,12-13H,5-7H2,1-4H3/t8?,9-,10-/m1/s1. The van der Waals surface area contributed by atoms with Crippen LogP contribution in [-0.2, 0) is 0 Å². The number of rotatable bonds is 2. The van der Waals surface area contributed by atoms with Crippen molar-refractivity contribution < 1.29 is 5.11 Å². The lowest BCUT2D eigenvalue weighted by Gasteiger charge is -2.30. The summed E-state index contributed by atoms with van der Waals surface area (Å²) in [5.74, 6) is 1.14. The smallest absolute Gasteiger partial charge is 0.0704 e. The molecule has 0 saturated carbocycles. The van der Waals surface area contributed by atoms with Crippen LogP contribution in [0.5, 0.6) is 0 Å². The van der Waals surface area contributed by atoms with Gasteiger partial charge in [-0.25, -0.2) is 0 Å². The highest BCUT2D eigenvalue weighted by atomic mass is 16.3. The van der Waals surface area contributed by atoms with E-state index in [1.807, 2.05) is 0 Å². The molecule has 3 atom stereocenters. The van der Waals surface area contributed by atoms with Gasteiger partial charge in [0, 0.05) is 13.1 Å². The van der Waals surface area contributed by atoms with Crippen LogP contribution in [0, 0.1) is 17.3 Å². The number of aliphatic hydroxyl groups excluding tert-OH is 1. The minimum atomic E-state index is -0.121. The fraction of sp³-hybridized carbons (Fsp3) is 1.00. The van der Waals surface area contributed by atoms with Crippen molar-refractivity contribution in [2.45, 2.75) is 40.2 Å². The number of hydrogen-bond donors (Lipinski definition) is 2. The van der Waals surface area contributed by atoms with Gasteiger partial charge in [-0.3, -0.25) is 0 Å². The van der Waals surface area contributed by atoms with Gasteiger partial charge in [-0.05, 0) is 23.7 Å². The van der Waals surface area contributed by atoms with Gasteiger partial charge in [-0.1, -0.05) is 27.7 Å². The van der Waals surface area contributed by atoms with Gasteiger partial charge < -0.3 is 10.4 Å². The molecule has 1 fully saturated rings. The maximum Gasteiger partial charge on any atom is 0.0704 e. The first-order chi connectivity index (χ1) is 5.91. The maximum absolute atomic E-state index is 9.64. The molecule has 0 aromatic rings. The van der Waals surface area contributed by atoms with Gasteiger partial charge in [0.2, 0.25) is 0 Å². The summed E-state index contributed by atoms with van der Waals surface area (Å²) in [7, 11) is 0. The Balaban J connectivity index is 2.40. The summed E-state index contributed by atoms with van der Waals surface area (Å²) in [6.45, 7) is 10.9. The van der Waals surface area contributed by atoms with Crippen molar-refractivity contribution in [1.29, 1.82) is 0 Å². The molecule has 0 radical (unpaired) electrons. The Morgan fingerprint density at radius 3 is 2.38 bits per heavy atom. The predicted molar refractivity (Wildman–Crippen MR) is 55.6 cm³/mol. The van der Waals surface area contributed by atoms with Crippen LogP contribution in [0.4, 0.5) is 0 Å². The molecule has 0 bridgehead atoms. The normalized spacial score (nSPS) is 32.1. The van der Waals surface area contributed by atoms with Crippen molar-refractivity contribution in [3.8, 4) is 0 Å². The maximum atomic E-state index is 9.64. The van der Waals surface area contributed by atoms with E-state index < -0.39 is 0 Å². The summed E-state index contributed by atoms with van der Waals surface area (Å²) in [5, 5.41) is 12.9. The average Bonchev–Trinajstić information content (AvgIpc) is 2.34. The van der Waals surface area contributed by atoms with Gasteiger partial charge in [-0.15, -0.1) is 0 Å². The third-order valence-electron chi connectivity index (χ3n) is 3.44. The first kappa shape index (κ1) is 11.0. The number of aliphatic hydroxyl groups is 1.